The molecule has 0 heterocycles. The Kier molecular flexibility index (Phi) is 2.63. The molecular weight excluding hydrogens is 144 g/mol. The molecule has 0 aliphatic rings. The third-order valence-corrected chi connectivity index (χ3v) is 1.87. The zero-order valence-electron chi connectivity index (χ0n) is 5.83. The lowest BCUT2D eigenvalue weighted by molar-refractivity contribution is 0.405. The molecule has 0 saturated heterocycles. The Morgan fingerprint density at radius 3 is 2.60 bits per heavy atom. The molecule has 0 amide bonds. The van der Waals surface area contributed by atoms with Gasteiger partial charge >= 0.3 is 0 Å². The number of hydrogen-bond acceptors (Lipinski definition) is 2. The summed E-state index contributed by atoms with van der Waals surface area (Å²) in [5.41, 5.74) is 0. The van der Waals surface area contributed by atoms with Crippen molar-refractivity contribution in [2.45, 2.75) is 4.90 Å². The van der Waals surface area contributed by atoms with Crippen molar-refractivity contribution >= 4 is 11.8 Å². The van der Waals surface area contributed by atoms with Crippen molar-refractivity contribution < 1.29 is 4.74 Å². The molecule has 1 aromatic carbocycles. The van der Waals surface area contributed by atoms with Crippen LogP contribution in [-0.2, 0) is 0 Å². The fourth-order valence-electron chi connectivity index (χ4n) is 0.738. The van der Waals surface area contributed by atoms with Crippen molar-refractivity contribution in [2.75, 3.05) is 7.11 Å². The van der Waals surface area contributed by atoms with Gasteiger partial charge in [-0.3, -0.25) is 0 Å². The van der Waals surface area contributed by atoms with Crippen LogP contribution in [0.15, 0.2) is 29.2 Å². The molecule has 0 N–H and O–H groups in total. The average molecular weight is 153 g/mol. The largest absolute Gasteiger partial charge is 0.496 e. The van der Waals surface area contributed by atoms with Crippen LogP contribution in [0, 0.1) is 6.26 Å². The molecule has 0 aromatic heterocycles. The van der Waals surface area contributed by atoms with Crippen LogP contribution in [-0.4, -0.2) is 7.11 Å². The highest BCUT2D eigenvalue weighted by atomic mass is 32.2. The van der Waals surface area contributed by atoms with Gasteiger partial charge in [-0.25, -0.2) is 0 Å². The lowest BCUT2D eigenvalue weighted by atomic mass is 10.3. The van der Waals surface area contributed by atoms with Crippen molar-refractivity contribution in [3.05, 3.63) is 30.5 Å². The predicted octanol–water partition coefficient (Wildman–Crippen LogP) is 2.58. The summed E-state index contributed by atoms with van der Waals surface area (Å²) in [6.07, 6.45) is 3.70. The first-order valence-electron chi connectivity index (χ1n) is 2.93. The minimum atomic E-state index is 0.891. The zero-order chi connectivity index (χ0) is 7.40. The Hall–Kier alpha value is -0.630. The lowest BCUT2D eigenvalue weighted by Crippen LogP contribution is -1.83. The maximum absolute atomic E-state index is 5.08. The highest BCUT2D eigenvalue weighted by Crippen LogP contribution is 2.26. The maximum Gasteiger partial charge on any atom is 0.132 e. The van der Waals surface area contributed by atoms with E-state index in [1.165, 1.54) is 11.8 Å². The van der Waals surface area contributed by atoms with Crippen LogP contribution < -0.4 is 4.74 Å². The summed E-state index contributed by atoms with van der Waals surface area (Å²) in [5.74, 6) is 0.891. The van der Waals surface area contributed by atoms with E-state index in [-0.39, 0.29) is 0 Å². The van der Waals surface area contributed by atoms with Crippen molar-refractivity contribution in [3.8, 4) is 5.75 Å². The van der Waals surface area contributed by atoms with Gasteiger partial charge in [0.05, 0.1) is 7.11 Å². The van der Waals surface area contributed by atoms with Crippen LogP contribution in [0.5, 0.6) is 5.75 Å². The fourth-order valence-corrected chi connectivity index (χ4v) is 1.21. The first-order chi connectivity index (χ1) is 4.88. The Morgan fingerprint density at radius 1 is 1.40 bits per heavy atom. The van der Waals surface area contributed by atoms with Gasteiger partial charge in [-0.2, -0.15) is 0 Å². The average Bonchev–Trinajstić information content (AvgIpc) is 2.04. The van der Waals surface area contributed by atoms with Gasteiger partial charge in [0.2, 0.25) is 0 Å². The van der Waals surface area contributed by atoms with Gasteiger partial charge in [0.1, 0.15) is 5.75 Å². The first kappa shape index (κ1) is 7.48. The predicted molar refractivity (Wildman–Crippen MR) is 44.2 cm³/mol. The standard InChI is InChI=1S/C8H9OS/c1-9-7-5-3-4-6-8(7)10-2/h3-6H,2H2,1H3. The van der Waals surface area contributed by atoms with E-state index in [0.717, 1.165) is 10.6 Å². The van der Waals surface area contributed by atoms with Gasteiger partial charge < -0.3 is 4.74 Å². The summed E-state index contributed by atoms with van der Waals surface area (Å²) in [5, 5.41) is 0. The van der Waals surface area contributed by atoms with Crippen LogP contribution in [0.3, 0.4) is 0 Å². The second kappa shape index (κ2) is 3.52. The second-order valence-corrected chi connectivity index (χ2v) is 2.52. The van der Waals surface area contributed by atoms with Gasteiger partial charge in [-0.1, -0.05) is 12.1 Å². The molecule has 0 spiro atoms. The van der Waals surface area contributed by atoms with Crippen LogP contribution in [0.4, 0.5) is 0 Å². The van der Waals surface area contributed by atoms with E-state index in [4.69, 9.17) is 4.74 Å². The van der Waals surface area contributed by atoms with E-state index < -0.39 is 0 Å². The van der Waals surface area contributed by atoms with Gasteiger partial charge in [0, 0.05) is 11.2 Å². The molecule has 1 nitrogen and oxygen atoms in total. The molecule has 53 valence electrons. The van der Waals surface area contributed by atoms with E-state index >= 15 is 0 Å². The lowest BCUT2D eigenvalue weighted by Gasteiger charge is -2.03. The van der Waals surface area contributed by atoms with Crippen LogP contribution >= 0.6 is 11.8 Å². The van der Waals surface area contributed by atoms with Crippen molar-refractivity contribution in [1.29, 1.82) is 0 Å². The van der Waals surface area contributed by atoms with E-state index in [1.54, 1.807) is 7.11 Å². The van der Waals surface area contributed by atoms with Crippen LogP contribution in [0.2, 0.25) is 0 Å². The smallest absolute Gasteiger partial charge is 0.132 e. The highest BCUT2D eigenvalue weighted by Gasteiger charge is 1.96. The van der Waals surface area contributed by atoms with Gasteiger partial charge in [-0.15, -0.1) is 11.8 Å². The second-order valence-electron chi connectivity index (χ2n) is 1.80. The molecular formula is C8H9OS. The molecule has 2 heteroatoms. The summed E-state index contributed by atoms with van der Waals surface area (Å²) < 4.78 is 5.08. The summed E-state index contributed by atoms with van der Waals surface area (Å²) in [6.45, 7) is 0. The van der Waals surface area contributed by atoms with Crippen molar-refractivity contribution in [2.24, 2.45) is 0 Å². The molecule has 1 radical (unpaired) electrons. The molecule has 1 aromatic rings. The van der Waals surface area contributed by atoms with Crippen molar-refractivity contribution in [1.82, 2.24) is 0 Å². The number of ether oxygens (including phenoxy) is 1. The molecule has 0 unspecified atom stereocenters. The first-order valence-corrected chi connectivity index (χ1v) is 3.92. The van der Waals surface area contributed by atoms with Gasteiger partial charge in [0.15, 0.2) is 0 Å². The molecule has 0 aliphatic heterocycles. The molecule has 0 fully saturated rings. The number of methoxy groups -OCH3 is 1. The minimum absolute atomic E-state index is 0.891. The van der Waals surface area contributed by atoms with E-state index in [0.29, 0.717) is 0 Å². The number of benzene rings is 1. The molecule has 0 atom stereocenters. The Bertz CT molecular complexity index is 187. The summed E-state index contributed by atoms with van der Waals surface area (Å²) in [7, 11) is 1.66. The number of thioether (sulfide) groups is 1. The monoisotopic (exact) mass is 153 g/mol. The van der Waals surface area contributed by atoms with Crippen molar-refractivity contribution in [3.63, 3.8) is 0 Å². The third kappa shape index (κ3) is 1.45. The normalized spacial score (nSPS) is 9.40. The number of hydrogen-bond donors (Lipinski definition) is 0. The zero-order valence-corrected chi connectivity index (χ0v) is 6.65. The van der Waals surface area contributed by atoms with E-state index in [2.05, 4.69) is 6.26 Å². The SMILES string of the molecule is [CH2]Sc1ccccc1OC. The summed E-state index contributed by atoms with van der Waals surface area (Å²) in [4.78, 5) is 1.07. The quantitative estimate of drug-likeness (QED) is 0.604. The molecule has 1 rings (SSSR count). The Balaban J connectivity index is 2.96. The van der Waals surface area contributed by atoms with E-state index in [9.17, 15) is 0 Å². The Morgan fingerprint density at radius 2 is 2.10 bits per heavy atom. The summed E-state index contributed by atoms with van der Waals surface area (Å²) >= 11 is 1.44. The minimum Gasteiger partial charge on any atom is -0.496 e. The number of para-hydroxylation sites is 1. The van der Waals surface area contributed by atoms with Crippen LogP contribution in [0.1, 0.15) is 0 Å². The molecule has 10 heavy (non-hydrogen) atoms. The third-order valence-electron chi connectivity index (χ3n) is 1.22. The molecule has 0 bridgehead atoms. The fraction of sp³-hybridized carbons (Fsp3) is 0.125. The number of rotatable bonds is 2. The molecule has 0 saturated carbocycles. The topological polar surface area (TPSA) is 9.23 Å². The van der Waals surface area contributed by atoms with E-state index in [1.807, 2.05) is 24.3 Å². The van der Waals surface area contributed by atoms with Crippen LogP contribution in [0.25, 0.3) is 0 Å². The van der Waals surface area contributed by atoms with Gasteiger partial charge in [-0.05, 0) is 12.1 Å². The summed E-state index contributed by atoms with van der Waals surface area (Å²) in [6, 6.07) is 7.82. The van der Waals surface area contributed by atoms with Gasteiger partial charge in [0.25, 0.3) is 0 Å². The maximum atomic E-state index is 5.08. The highest BCUT2D eigenvalue weighted by molar-refractivity contribution is 8.00. The molecule has 0 aliphatic carbocycles. The Labute approximate surface area is 65.4 Å².